The van der Waals surface area contributed by atoms with Gasteiger partial charge in [-0.1, -0.05) is 18.0 Å². The maximum Gasteiger partial charge on any atom is 0.224 e. The lowest BCUT2D eigenvalue weighted by Gasteiger charge is -2.20. The molecule has 2 nitrogen and oxygen atoms in total. The molecule has 18 heavy (non-hydrogen) atoms. The van der Waals surface area contributed by atoms with Gasteiger partial charge in [0.25, 0.3) is 0 Å². The molecule has 3 heteroatoms. The van der Waals surface area contributed by atoms with E-state index in [1.165, 1.54) is 25.7 Å². The first-order valence-electron chi connectivity index (χ1n) is 6.76. The Bertz CT molecular complexity index is 442. The van der Waals surface area contributed by atoms with Gasteiger partial charge in [0.1, 0.15) is 0 Å². The summed E-state index contributed by atoms with van der Waals surface area (Å²) in [6, 6.07) is 7.30. The highest BCUT2D eigenvalue weighted by Gasteiger charge is 2.40. The normalized spacial score (nSPS) is 29.5. The predicted molar refractivity (Wildman–Crippen MR) is 73.6 cm³/mol. The number of hydrogen-bond donors (Lipinski definition) is 1. The second kappa shape index (κ2) is 4.93. The van der Waals surface area contributed by atoms with Crippen molar-refractivity contribution in [3.8, 4) is 0 Å². The zero-order chi connectivity index (χ0) is 12.5. The SMILES string of the molecule is O=C(C[C@H]1C[C@H]2CC[C@@H]1C2)Nc1ccc(Cl)cc1. The summed E-state index contributed by atoms with van der Waals surface area (Å²) in [6.07, 6.45) is 6.03. The second-order valence-corrected chi connectivity index (χ2v) is 6.13. The summed E-state index contributed by atoms with van der Waals surface area (Å²) in [6.45, 7) is 0. The Labute approximate surface area is 113 Å². The monoisotopic (exact) mass is 263 g/mol. The molecule has 0 spiro atoms. The number of rotatable bonds is 3. The summed E-state index contributed by atoms with van der Waals surface area (Å²) in [5.74, 6) is 2.49. The Hall–Kier alpha value is -1.02. The topological polar surface area (TPSA) is 29.1 Å². The number of nitrogens with one attached hydrogen (secondary N) is 1. The van der Waals surface area contributed by atoms with Crippen LogP contribution in [-0.2, 0) is 4.79 Å². The fourth-order valence-corrected chi connectivity index (χ4v) is 3.74. The Morgan fingerprint density at radius 2 is 2.00 bits per heavy atom. The molecule has 0 heterocycles. The molecule has 2 fully saturated rings. The average Bonchev–Trinajstić information content (AvgIpc) is 2.94. The van der Waals surface area contributed by atoms with Crippen LogP contribution in [-0.4, -0.2) is 5.91 Å². The van der Waals surface area contributed by atoms with E-state index >= 15 is 0 Å². The number of benzene rings is 1. The molecule has 0 radical (unpaired) electrons. The van der Waals surface area contributed by atoms with Crippen LogP contribution in [0.25, 0.3) is 0 Å². The van der Waals surface area contributed by atoms with Crippen LogP contribution in [0.2, 0.25) is 5.02 Å². The van der Waals surface area contributed by atoms with Crippen molar-refractivity contribution in [2.45, 2.75) is 32.1 Å². The first kappa shape index (κ1) is 12.0. The minimum atomic E-state index is 0.148. The van der Waals surface area contributed by atoms with E-state index in [-0.39, 0.29) is 5.91 Å². The van der Waals surface area contributed by atoms with E-state index in [0.29, 0.717) is 17.4 Å². The zero-order valence-corrected chi connectivity index (χ0v) is 11.1. The van der Waals surface area contributed by atoms with Gasteiger partial charge in [-0.25, -0.2) is 0 Å². The molecule has 0 saturated heterocycles. The van der Waals surface area contributed by atoms with Crippen LogP contribution in [0.3, 0.4) is 0 Å². The zero-order valence-electron chi connectivity index (χ0n) is 10.4. The number of fused-ring (bicyclic) bond motifs is 2. The van der Waals surface area contributed by atoms with Gasteiger partial charge in [0.15, 0.2) is 0 Å². The summed E-state index contributed by atoms with van der Waals surface area (Å²) in [7, 11) is 0. The van der Waals surface area contributed by atoms with Gasteiger partial charge in [0.05, 0.1) is 0 Å². The maximum atomic E-state index is 12.0. The van der Waals surface area contributed by atoms with E-state index in [2.05, 4.69) is 5.32 Å². The van der Waals surface area contributed by atoms with E-state index in [1.54, 1.807) is 12.1 Å². The number of hydrogen-bond acceptors (Lipinski definition) is 1. The first-order valence-corrected chi connectivity index (χ1v) is 7.14. The lowest BCUT2D eigenvalue weighted by molar-refractivity contribution is -0.117. The molecule has 1 aromatic carbocycles. The van der Waals surface area contributed by atoms with Crippen molar-refractivity contribution in [3.05, 3.63) is 29.3 Å². The highest BCUT2D eigenvalue weighted by atomic mass is 35.5. The van der Waals surface area contributed by atoms with Crippen molar-refractivity contribution in [1.29, 1.82) is 0 Å². The van der Waals surface area contributed by atoms with Crippen molar-refractivity contribution in [1.82, 2.24) is 0 Å². The molecule has 2 saturated carbocycles. The molecule has 0 aliphatic heterocycles. The molecule has 2 aliphatic carbocycles. The van der Waals surface area contributed by atoms with Gasteiger partial charge in [0.2, 0.25) is 5.91 Å². The van der Waals surface area contributed by atoms with E-state index < -0.39 is 0 Å². The molecule has 3 atom stereocenters. The molecule has 0 aromatic heterocycles. The third-order valence-electron chi connectivity index (χ3n) is 4.46. The molecule has 96 valence electrons. The van der Waals surface area contributed by atoms with Crippen LogP contribution in [0.4, 0.5) is 5.69 Å². The number of amides is 1. The van der Waals surface area contributed by atoms with E-state index in [0.717, 1.165) is 17.5 Å². The number of carbonyl (C=O) groups excluding carboxylic acids is 1. The van der Waals surface area contributed by atoms with Crippen LogP contribution in [0.15, 0.2) is 24.3 Å². The van der Waals surface area contributed by atoms with Gasteiger partial charge in [-0.15, -0.1) is 0 Å². The summed E-state index contributed by atoms with van der Waals surface area (Å²) in [5, 5.41) is 3.65. The summed E-state index contributed by atoms with van der Waals surface area (Å²) >= 11 is 5.82. The van der Waals surface area contributed by atoms with Crippen molar-refractivity contribution in [3.63, 3.8) is 0 Å². The minimum absolute atomic E-state index is 0.148. The predicted octanol–water partition coefficient (Wildman–Crippen LogP) is 4.10. The summed E-state index contributed by atoms with van der Waals surface area (Å²) < 4.78 is 0. The Balaban J connectivity index is 1.54. The molecule has 2 aliphatic rings. The smallest absolute Gasteiger partial charge is 0.224 e. The number of halogens is 1. The van der Waals surface area contributed by atoms with Gasteiger partial charge in [-0.05, 0) is 61.3 Å². The van der Waals surface area contributed by atoms with Gasteiger partial charge < -0.3 is 5.32 Å². The average molecular weight is 264 g/mol. The second-order valence-electron chi connectivity index (χ2n) is 5.69. The number of anilines is 1. The fraction of sp³-hybridized carbons (Fsp3) is 0.533. The lowest BCUT2D eigenvalue weighted by Crippen LogP contribution is -2.20. The van der Waals surface area contributed by atoms with Gasteiger partial charge >= 0.3 is 0 Å². The van der Waals surface area contributed by atoms with Crippen LogP contribution >= 0.6 is 11.6 Å². The lowest BCUT2D eigenvalue weighted by atomic mass is 9.86. The van der Waals surface area contributed by atoms with Crippen molar-refractivity contribution < 1.29 is 4.79 Å². The molecular formula is C15H18ClNO. The quantitative estimate of drug-likeness (QED) is 0.874. The highest BCUT2D eigenvalue weighted by Crippen LogP contribution is 2.49. The molecule has 0 unspecified atom stereocenters. The standard InChI is InChI=1S/C15H18ClNO/c16-13-3-5-14(6-4-13)17-15(18)9-12-8-10-1-2-11(12)7-10/h3-6,10-12H,1-2,7-9H2,(H,17,18)/t10-,11+,12+/m0/s1. The largest absolute Gasteiger partial charge is 0.326 e. The van der Waals surface area contributed by atoms with Crippen LogP contribution in [0.1, 0.15) is 32.1 Å². The van der Waals surface area contributed by atoms with E-state index in [9.17, 15) is 4.79 Å². The molecule has 2 bridgehead atoms. The first-order chi connectivity index (χ1) is 8.70. The Morgan fingerprint density at radius 1 is 1.22 bits per heavy atom. The van der Waals surface area contributed by atoms with Crippen molar-refractivity contribution >= 4 is 23.2 Å². The third-order valence-corrected chi connectivity index (χ3v) is 4.71. The summed E-state index contributed by atoms with van der Waals surface area (Å²) in [5.41, 5.74) is 0.840. The summed E-state index contributed by atoms with van der Waals surface area (Å²) in [4.78, 5) is 12.0. The molecule has 3 rings (SSSR count). The Kier molecular flexibility index (Phi) is 3.29. The minimum Gasteiger partial charge on any atom is -0.326 e. The van der Waals surface area contributed by atoms with Gasteiger partial charge in [0, 0.05) is 17.1 Å². The maximum absolute atomic E-state index is 12.0. The molecule has 1 aromatic rings. The van der Waals surface area contributed by atoms with Crippen molar-refractivity contribution in [2.24, 2.45) is 17.8 Å². The van der Waals surface area contributed by atoms with Crippen LogP contribution in [0.5, 0.6) is 0 Å². The van der Waals surface area contributed by atoms with Crippen molar-refractivity contribution in [2.75, 3.05) is 5.32 Å². The molecular weight excluding hydrogens is 246 g/mol. The molecule has 1 N–H and O–H groups in total. The Morgan fingerprint density at radius 3 is 2.61 bits per heavy atom. The van der Waals surface area contributed by atoms with Gasteiger partial charge in [-0.3, -0.25) is 4.79 Å². The van der Waals surface area contributed by atoms with Gasteiger partial charge in [-0.2, -0.15) is 0 Å². The van der Waals surface area contributed by atoms with Crippen LogP contribution in [0, 0.1) is 17.8 Å². The number of carbonyl (C=O) groups is 1. The fourth-order valence-electron chi connectivity index (χ4n) is 3.61. The molecule has 1 amide bonds. The third kappa shape index (κ3) is 2.54. The van der Waals surface area contributed by atoms with E-state index in [4.69, 9.17) is 11.6 Å². The van der Waals surface area contributed by atoms with E-state index in [1.807, 2.05) is 12.1 Å². The van der Waals surface area contributed by atoms with Crippen LogP contribution < -0.4 is 5.32 Å². The highest BCUT2D eigenvalue weighted by molar-refractivity contribution is 6.30.